The number of rotatable bonds is 3. The molecule has 1 amide bonds. The summed E-state index contributed by atoms with van der Waals surface area (Å²) >= 11 is 1.03. The Bertz CT molecular complexity index is 597. The highest BCUT2D eigenvalue weighted by Gasteiger charge is 2.13. The minimum Gasteiger partial charge on any atom is -0.507 e. The molecule has 0 aliphatic heterocycles. The van der Waals surface area contributed by atoms with Crippen LogP contribution in [0.4, 0.5) is 5.69 Å². The maximum atomic E-state index is 11.6. The van der Waals surface area contributed by atoms with Crippen molar-refractivity contribution in [2.75, 3.05) is 5.32 Å². The van der Waals surface area contributed by atoms with Crippen LogP contribution in [0.1, 0.15) is 20.8 Å². The van der Waals surface area contributed by atoms with E-state index in [0.717, 1.165) is 17.6 Å². The van der Waals surface area contributed by atoms with Gasteiger partial charge >= 0.3 is 5.97 Å². The number of hydrogen-bond donors (Lipinski definition) is 3. The largest absolute Gasteiger partial charge is 0.507 e. The van der Waals surface area contributed by atoms with Gasteiger partial charge in [0.25, 0.3) is 5.91 Å². The summed E-state index contributed by atoms with van der Waals surface area (Å²) in [5.74, 6) is -2.14. The molecule has 1 heterocycles. The lowest BCUT2D eigenvalue weighted by Gasteiger charge is -2.05. The summed E-state index contributed by atoms with van der Waals surface area (Å²) < 4.78 is 3.54. The molecule has 18 heavy (non-hydrogen) atoms. The third kappa shape index (κ3) is 2.43. The van der Waals surface area contributed by atoms with Crippen LogP contribution in [0.3, 0.4) is 0 Å². The Morgan fingerprint density at radius 2 is 2.11 bits per heavy atom. The van der Waals surface area contributed by atoms with Gasteiger partial charge in [0.2, 0.25) is 0 Å². The summed E-state index contributed by atoms with van der Waals surface area (Å²) in [7, 11) is 0. The van der Waals surface area contributed by atoms with Gasteiger partial charge in [0.1, 0.15) is 11.3 Å². The summed E-state index contributed by atoms with van der Waals surface area (Å²) in [4.78, 5) is 22.4. The molecule has 0 spiro atoms. The first-order valence-electron chi connectivity index (χ1n) is 4.72. The van der Waals surface area contributed by atoms with E-state index in [-0.39, 0.29) is 22.7 Å². The van der Waals surface area contributed by atoms with E-state index >= 15 is 0 Å². The van der Waals surface area contributed by atoms with Crippen LogP contribution in [0.15, 0.2) is 23.6 Å². The lowest BCUT2D eigenvalue weighted by molar-refractivity contribution is 0.0693. The lowest BCUT2D eigenvalue weighted by atomic mass is 10.2. The molecular formula is C10H7N3O4S. The Hall–Kier alpha value is -2.48. The molecule has 1 aromatic heterocycles. The maximum Gasteiger partial charge on any atom is 0.339 e. The first-order chi connectivity index (χ1) is 8.58. The number of nitrogens with zero attached hydrogens (tertiary/aromatic N) is 2. The number of carbonyl (C=O) groups excluding carboxylic acids is 1. The fourth-order valence-corrected chi connectivity index (χ4v) is 1.68. The number of carboxylic acids is 1. The van der Waals surface area contributed by atoms with Crippen molar-refractivity contribution >= 4 is 29.1 Å². The average Bonchev–Trinajstić information content (AvgIpc) is 2.85. The van der Waals surface area contributed by atoms with E-state index in [0.29, 0.717) is 0 Å². The second-order valence-corrected chi connectivity index (χ2v) is 3.89. The highest BCUT2D eigenvalue weighted by Crippen LogP contribution is 2.21. The van der Waals surface area contributed by atoms with Gasteiger partial charge in [-0.2, -0.15) is 0 Å². The number of benzene rings is 1. The zero-order valence-corrected chi connectivity index (χ0v) is 9.64. The summed E-state index contributed by atoms with van der Waals surface area (Å²) in [6.07, 6.45) is 0. The quantitative estimate of drug-likeness (QED) is 0.718. The number of amides is 1. The molecule has 1 aromatic carbocycles. The van der Waals surface area contributed by atoms with Crippen molar-refractivity contribution in [1.82, 2.24) is 9.59 Å². The summed E-state index contributed by atoms with van der Waals surface area (Å²) in [6, 6.07) is 3.74. The topological polar surface area (TPSA) is 112 Å². The van der Waals surface area contributed by atoms with Crippen molar-refractivity contribution in [1.29, 1.82) is 0 Å². The maximum absolute atomic E-state index is 11.6. The second-order valence-electron chi connectivity index (χ2n) is 3.28. The van der Waals surface area contributed by atoms with Crippen molar-refractivity contribution in [3.05, 3.63) is 34.8 Å². The van der Waals surface area contributed by atoms with Gasteiger partial charge in [0.05, 0.1) is 0 Å². The van der Waals surface area contributed by atoms with E-state index in [2.05, 4.69) is 14.9 Å². The molecule has 0 aliphatic rings. The summed E-state index contributed by atoms with van der Waals surface area (Å²) in [5, 5.41) is 25.6. The molecular weight excluding hydrogens is 258 g/mol. The molecule has 2 aromatic rings. The molecule has 0 saturated heterocycles. The Kier molecular flexibility index (Phi) is 3.20. The number of anilines is 1. The van der Waals surface area contributed by atoms with Gasteiger partial charge in [0.15, 0.2) is 5.69 Å². The molecule has 0 atom stereocenters. The zero-order chi connectivity index (χ0) is 13.1. The van der Waals surface area contributed by atoms with Crippen molar-refractivity contribution < 1.29 is 19.8 Å². The number of aromatic nitrogens is 2. The van der Waals surface area contributed by atoms with Crippen LogP contribution in [-0.4, -0.2) is 31.7 Å². The SMILES string of the molecule is O=C(Nc1ccc(O)c(C(=O)O)c1)c1csnn1. The molecule has 8 heteroatoms. The van der Waals surface area contributed by atoms with Gasteiger partial charge in [-0.25, -0.2) is 4.79 Å². The van der Waals surface area contributed by atoms with E-state index in [9.17, 15) is 14.7 Å². The van der Waals surface area contributed by atoms with Crippen molar-refractivity contribution in [3.63, 3.8) is 0 Å². The zero-order valence-electron chi connectivity index (χ0n) is 8.82. The van der Waals surface area contributed by atoms with Crippen molar-refractivity contribution in [3.8, 4) is 5.75 Å². The van der Waals surface area contributed by atoms with Gasteiger partial charge in [-0.1, -0.05) is 4.49 Å². The van der Waals surface area contributed by atoms with E-state index < -0.39 is 11.9 Å². The smallest absolute Gasteiger partial charge is 0.339 e. The number of carbonyl (C=O) groups is 2. The minimum absolute atomic E-state index is 0.143. The van der Waals surface area contributed by atoms with Gasteiger partial charge in [0, 0.05) is 11.1 Å². The van der Waals surface area contributed by atoms with E-state index in [1.165, 1.54) is 17.5 Å². The van der Waals surface area contributed by atoms with Crippen LogP contribution < -0.4 is 5.32 Å². The first-order valence-corrected chi connectivity index (χ1v) is 5.56. The van der Waals surface area contributed by atoms with Gasteiger partial charge in [-0.3, -0.25) is 4.79 Å². The molecule has 0 unspecified atom stereocenters. The monoisotopic (exact) mass is 265 g/mol. The minimum atomic E-state index is -1.28. The lowest BCUT2D eigenvalue weighted by Crippen LogP contribution is -2.12. The first kappa shape index (κ1) is 12.0. The van der Waals surface area contributed by atoms with E-state index in [4.69, 9.17) is 5.11 Å². The summed E-state index contributed by atoms with van der Waals surface area (Å²) in [5.41, 5.74) is 0.109. The summed E-state index contributed by atoms with van der Waals surface area (Å²) in [6.45, 7) is 0. The molecule has 0 fully saturated rings. The van der Waals surface area contributed by atoms with E-state index in [1.807, 2.05) is 0 Å². The van der Waals surface area contributed by atoms with Crippen LogP contribution in [0.5, 0.6) is 5.75 Å². The number of nitrogens with one attached hydrogen (secondary N) is 1. The van der Waals surface area contributed by atoms with Crippen molar-refractivity contribution in [2.45, 2.75) is 0 Å². The van der Waals surface area contributed by atoms with Crippen LogP contribution in [0.25, 0.3) is 0 Å². The predicted molar refractivity (Wildman–Crippen MR) is 62.9 cm³/mol. The normalized spacial score (nSPS) is 10.0. The van der Waals surface area contributed by atoms with Gasteiger partial charge < -0.3 is 15.5 Å². The fraction of sp³-hybridized carbons (Fsp3) is 0. The molecule has 3 N–H and O–H groups in total. The number of aromatic hydroxyl groups is 1. The Labute approximate surface area is 105 Å². The third-order valence-corrected chi connectivity index (χ3v) is 2.58. The van der Waals surface area contributed by atoms with Gasteiger partial charge in [-0.05, 0) is 29.7 Å². The third-order valence-electron chi connectivity index (χ3n) is 2.08. The molecule has 2 rings (SSSR count). The molecule has 0 aliphatic carbocycles. The molecule has 7 nitrogen and oxygen atoms in total. The fourth-order valence-electron chi connectivity index (χ4n) is 1.24. The van der Waals surface area contributed by atoms with Crippen molar-refractivity contribution in [2.24, 2.45) is 0 Å². The number of aromatic carboxylic acids is 1. The average molecular weight is 265 g/mol. The molecule has 0 saturated carbocycles. The van der Waals surface area contributed by atoms with Crippen LogP contribution in [0.2, 0.25) is 0 Å². The van der Waals surface area contributed by atoms with Crippen LogP contribution >= 0.6 is 11.5 Å². The highest BCUT2D eigenvalue weighted by atomic mass is 32.1. The highest BCUT2D eigenvalue weighted by molar-refractivity contribution is 7.03. The molecule has 92 valence electrons. The number of carboxylic acid groups (broad SMARTS) is 1. The number of phenols is 1. The van der Waals surface area contributed by atoms with Crippen LogP contribution in [-0.2, 0) is 0 Å². The standard InChI is InChI=1S/C10H7N3O4S/c14-8-2-1-5(3-6(8)10(16)17)11-9(15)7-4-18-13-12-7/h1-4,14H,(H,11,15)(H,16,17). The molecule has 0 radical (unpaired) electrons. The van der Waals surface area contributed by atoms with E-state index in [1.54, 1.807) is 0 Å². The number of hydrogen-bond acceptors (Lipinski definition) is 6. The predicted octanol–water partition coefficient (Wildman–Crippen LogP) is 1.19. The van der Waals surface area contributed by atoms with Crippen LogP contribution in [0, 0.1) is 0 Å². The Morgan fingerprint density at radius 1 is 1.33 bits per heavy atom. The van der Waals surface area contributed by atoms with Gasteiger partial charge in [-0.15, -0.1) is 5.10 Å². The Morgan fingerprint density at radius 3 is 2.72 bits per heavy atom. The second kappa shape index (κ2) is 4.80. The molecule has 0 bridgehead atoms. The Balaban J connectivity index is 2.22.